The summed E-state index contributed by atoms with van der Waals surface area (Å²) >= 11 is 0. The van der Waals surface area contributed by atoms with Crippen LogP contribution < -0.4 is 5.43 Å². The van der Waals surface area contributed by atoms with Crippen LogP contribution in [0.1, 0.15) is 27.8 Å². The molecule has 0 aliphatic heterocycles. The number of aromatic hydroxyl groups is 5. The van der Waals surface area contributed by atoms with E-state index in [0.717, 1.165) is 0 Å². The molecule has 2 aromatic carbocycles. The Labute approximate surface area is 154 Å². The lowest BCUT2D eigenvalue weighted by atomic mass is 9.93. The van der Waals surface area contributed by atoms with Gasteiger partial charge in [-0.1, -0.05) is 0 Å². The lowest BCUT2D eigenvalue weighted by Crippen LogP contribution is -2.06. The summed E-state index contributed by atoms with van der Waals surface area (Å²) in [5.74, 6) is -2.33. The van der Waals surface area contributed by atoms with Gasteiger partial charge in [0, 0.05) is 22.3 Å². The zero-order valence-electron chi connectivity index (χ0n) is 15.6. The molecule has 0 atom stereocenters. The summed E-state index contributed by atoms with van der Waals surface area (Å²) in [6.07, 6.45) is 0. The number of hydrogen-bond acceptors (Lipinski definition) is 7. The average molecular weight is 372 g/mol. The van der Waals surface area contributed by atoms with Crippen LogP contribution in [-0.2, 0) is 0 Å². The van der Waals surface area contributed by atoms with Crippen molar-refractivity contribution < 1.29 is 29.9 Å². The van der Waals surface area contributed by atoms with Gasteiger partial charge in [-0.15, -0.1) is 0 Å². The SMILES string of the molecule is Cc1c(C)c(-c2oc3c(C)c(O)c(C)c(O)c3c(=O)c2O)c(C)c(O)c1O. The Balaban J connectivity index is 2.57. The van der Waals surface area contributed by atoms with Crippen molar-refractivity contribution in [1.82, 2.24) is 0 Å². The molecule has 0 amide bonds. The van der Waals surface area contributed by atoms with Crippen molar-refractivity contribution in [1.29, 1.82) is 0 Å². The second-order valence-corrected chi connectivity index (χ2v) is 6.71. The summed E-state index contributed by atoms with van der Waals surface area (Å²) in [6.45, 7) is 7.70. The minimum absolute atomic E-state index is 0.0718. The molecule has 27 heavy (non-hydrogen) atoms. The van der Waals surface area contributed by atoms with Crippen LogP contribution in [-0.4, -0.2) is 25.5 Å². The second kappa shape index (κ2) is 5.84. The molecule has 7 nitrogen and oxygen atoms in total. The minimum Gasteiger partial charge on any atom is -0.507 e. The van der Waals surface area contributed by atoms with Crippen molar-refractivity contribution in [3.05, 3.63) is 38.0 Å². The molecule has 0 spiro atoms. The third-order valence-electron chi connectivity index (χ3n) is 5.21. The molecule has 0 fully saturated rings. The van der Waals surface area contributed by atoms with Crippen LogP contribution in [0.4, 0.5) is 0 Å². The largest absolute Gasteiger partial charge is 0.507 e. The highest BCUT2D eigenvalue weighted by molar-refractivity contribution is 5.93. The number of phenolic OH excluding ortho intramolecular Hbond substituents is 4. The van der Waals surface area contributed by atoms with Gasteiger partial charge in [-0.3, -0.25) is 4.79 Å². The van der Waals surface area contributed by atoms with E-state index in [4.69, 9.17) is 4.42 Å². The molecule has 3 rings (SSSR count). The molecule has 5 N–H and O–H groups in total. The van der Waals surface area contributed by atoms with E-state index in [2.05, 4.69) is 0 Å². The van der Waals surface area contributed by atoms with Gasteiger partial charge in [-0.25, -0.2) is 0 Å². The Morgan fingerprint density at radius 2 is 1.15 bits per heavy atom. The van der Waals surface area contributed by atoms with Crippen LogP contribution in [0.5, 0.6) is 28.7 Å². The van der Waals surface area contributed by atoms with E-state index in [1.807, 2.05) is 0 Å². The molecular weight excluding hydrogens is 352 g/mol. The van der Waals surface area contributed by atoms with Gasteiger partial charge in [0.25, 0.3) is 0 Å². The van der Waals surface area contributed by atoms with E-state index in [1.54, 1.807) is 13.8 Å². The van der Waals surface area contributed by atoms with Gasteiger partial charge in [-0.2, -0.15) is 0 Å². The maximum Gasteiger partial charge on any atom is 0.238 e. The van der Waals surface area contributed by atoms with Gasteiger partial charge in [0.2, 0.25) is 11.2 Å². The van der Waals surface area contributed by atoms with Crippen molar-refractivity contribution in [3.8, 4) is 40.1 Å². The first kappa shape index (κ1) is 18.4. The predicted molar refractivity (Wildman–Crippen MR) is 99.9 cm³/mol. The lowest BCUT2D eigenvalue weighted by molar-refractivity contribution is 0.397. The van der Waals surface area contributed by atoms with Gasteiger partial charge >= 0.3 is 0 Å². The quantitative estimate of drug-likeness (QED) is 0.413. The van der Waals surface area contributed by atoms with Gasteiger partial charge < -0.3 is 29.9 Å². The normalized spacial score (nSPS) is 11.3. The van der Waals surface area contributed by atoms with E-state index in [1.165, 1.54) is 20.8 Å². The molecule has 0 bridgehead atoms. The predicted octanol–water partition coefficient (Wildman–Crippen LogP) is 3.53. The Morgan fingerprint density at radius 3 is 1.74 bits per heavy atom. The summed E-state index contributed by atoms with van der Waals surface area (Å²) in [7, 11) is 0. The monoisotopic (exact) mass is 372 g/mol. The van der Waals surface area contributed by atoms with E-state index in [0.29, 0.717) is 11.1 Å². The minimum atomic E-state index is -0.862. The Morgan fingerprint density at radius 1 is 0.593 bits per heavy atom. The van der Waals surface area contributed by atoms with E-state index in [9.17, 15) is 30.3 Å². The summed E-state index contributed by atoms with van der Waals surface area (Å²) < 4.78 is 5.76. The molecular formula is C20H20O7. The fraction of sp³-hybridized carbons (Fsp3) is 0.250. The Hall–Kier alpha value is -3.35. The summed E-state index contributed by atoms with van der Waals surface area (Å²) in [6, 6.07) is 0. The maximum atomic E-state index is 12.8. The molecule has 0 aliphatic carbocycles. The van der Waals surface area contributed by atoms with E-state index >= 15 is 0 Å². The first-order valence-electron chi connectivity index (χ1n) is 8.23. The van der Waals surface area contributed by atoms with Gasteiger partial charge in [-0.05, 0) is 45.7 Å². The molecule has 0 aliphatic rings. The van der Waals surface area contributed by atoms with Crippen molar-refractivity contribution >= 4 is 11.0 Å². The molecule has 0 radical (unpaired) electrons. The van der Waals surface area contributed by atoms with Crippen LogP contribution in [0.3, 0.4) is 0 Å². The second-order valence-electron chi connectivity index (χ2n) is 6.71. The van der Waals surface area contributed by atoms with Gasteiger partial charge in [0.15, 0.2) is 17.3 Å². The number of benzene rings is 2. The fourth-order valence-electron chi connectivity index (χ4n) is 3.32. The third kappa shape index (κ3) is 2.31. The average Bonchev–Trinajstić information content (AvgIpc) is 2.64. The van der Waals surface area contributed by atoms with Gasteiger partial charge in [0.05, 0.1) is 0 Å². The first-order chi connectivity index (χ1) is 12.5. The molecule has 3 aromatic rings. The van der Waals surface area contributed by atoms with Crippen LogP contribution in [0.15, 0.2) is 9.21 Å². The van der Waals surface area contributed by atoms with Crippen LogP contribution in [0.25, 0.3) is 22.3 Å². The highest BCUT2D eigenvalue weighted by Gasteiger charge is 2.27. The number of hydrogen-bond donors (Lipinski definition) is 5. The summed E-state index contributed by atoms with van der Waals surface area (Å²) in [5, 5.41) is 50.9. The molecule has 142 valence electrons. The van der Waals surface area contributed by atoms with Gasteiger partial charge in [0.1, 0.15) is 22.5 Å². The topological polar surface area (TPSA) is 131 Å². The Kier molecular flexibility index (Phi) is 3.99. The van der Waals surface area contributed by atoms with Crippen molar-refractivity contribution in [2.45, 2.75) is 34.6 Å². The number of phenols is 4. The number of aryl methyl sites for hydroxylation is 1. The number of fused-ring (bicyclic) bond motifs is 1. The zero-order valence-corrected chi connectivity index (χ0v) is 15.6. The van der Waals surface area contributed by atoms with E-state index < -0.39 is 16.9 Å². The standard InChI is InChI=1S/C20H20O7/c1-6-7(2)15(23)16(24)8(3)11(6)20-18(26)17(25)12-14(22)9(4)13(21)10(5)19(12)27-20/h21-24,26H,1-5H3. The Bertz CT molecular complexity index is 1160. The summed E-state index contributed by atoms with van der Waals surface area (Å²) in [4.78, 5) is 12.8. The number of rotatable bonds is 1. The van der Waals surface area contributed by atoms with Crippen molar-refractivity contribution in [2.24, 2.45) is 0 Å². The molecule has 1 aromatic heterocycles. The van der Waals surface area contributed by atoms with Crippen LogP contribution >= 0.6 is 0 Å². The highest BCUT2D eigenvalue weighted by atomic mass is 16.4. The maximum absolute atomic E-state index is 12.8. The van der Waals surface area contributed by atoms with Crippen LogP contribution in [0.2, 0.25) is 0 Å². The van der Waals surface area contributed by atoms with Crippen molar-refractivity contribution in [3.63, 3.8) is 0 Å². The first-order valence-corrected chi connectivity index (χ1v) is 8.23. The molecule has 1 heterocycles. The molecule has 0 unspecified atom stereocenters. The fourth-order valence-corrected chi connectivity index (χ4v) is 3.32. The summed E-state index contributed by atoms with van der Waals surface area (Å²) in [5.41, 5.74) is 0.722. The molecule has 0 saturated carbocycles. The van der Waals surface area contributed by atoms with E-state index in [-0.39, 0.29) is 56.2 Å². The lowest BCUT2D eigenvalue weighted by Gasteiger charge is -2.17. The molecule has 0 saturated heterocycles. The van der Waals surface area contributed by atoms with Crippen LogP contribution in [0, 0.1) is 34.6 Å². The third-order valence-corrected chi connectivity index (χ3v) is 5.21. The highest BCUT2D eigenvalue weighted by Crippen LogP contribution is 2.46. The molecule has 7 heteroatoms. The smallest absolute Gasteiger partial charge is 0.238 e. The van der Waals surface area contributed by atoms with Crippen molar-refractivity contribution in [2.75, 3.05) is 0 Å². The zero-order chi connectivity index (χ0) is 20.4.